The fourth-order valence-electron chi connectivity index (χ4n) is 0.784. The smallest absolute Gasteiger partial charge is 0.239 e. The van der Waals surface area contributed by atoms with E-state index in [1.165, 1.54) is 0 Å². The Morgan fingerprint density at radius 1 is 1.54 bits per heavy atom. The second-order valence-corrected chi connectivity index (χ2v) is 3.06. The SMILES string of the molecule is C=CC[C@H](C)C(=O)N[C@@H](C)C(N)=O. The molecule has 0 aliphatic carbocycles. The quantitative estimate of drug-likeness (QED) is 0.598. The highest BCUT2D eigenvalue weighted by molar-refractivity contribution is 5.87. The lowest BCUT2D eigenvalue weighted by Gasteiger charge is -2.13. The van der Waals surface area contributed by atoms with Gasteiger partial charge in [-0.15, -0.1) is 6.58 Å². The molecular formula is C9H16N2O2. The second kappa shape index (κ2) is 5.35. The van der Waals surface area contributed by atoms with Crippen molar-refractivity contribution in [2.75, 3.05) is 0 Å². The maximum atomic E-state index is 11.3. The summed E-state index contributed by atoms with van der Waals surface area (Å²) in [6.07, 6.45) is 2.26. The Labute approximate surface area is 78.2 Å². The first-order valence-corrected chi connectivity index (χ1v) is 4.19. The molecule has 0 saturated carbocycles. The van der Waals surface area contributed by atoms with Crippen molar-refractivity contribution in [2.24, 2.45) is 11.7 Å². The number of hydrogen-bond donors (Lipinski definition) is 2. The van der Waals surface area contributed by atoms with Crippen LogP contribution in [0.15, 0.2) is 12.7 Å². The van der Waals surface area contributed by atoms with Crippen LogP contribution in [0.5, 0.6) is 0 Å². The molecule has 4 heteroatoms. The Kier molecular flexibility index (Phi) is 4.80. The minimum absolute atomic E-state index is 0.167. The molecule has 0 unspecified atom stereocenters. The van der Waals surface area contributed by atoms with Gasteiger partial charge in [-0.25, -0.2) is 0 Å². The van der Waals surface area contributed by atoms with E-state index in [0.717, 1.165) is 0 Å². The molecule has 0 fully saturated rings. The van der Waals surface area contributed by atoms with Crippen molar-refractivity contribution in [2.45, 2.75) is 26.3 Å². The number of allylic oxidation sites excluding steroid dienone is 1. The Morgan fingerprint density at radius 3 is 2.46 bits per heavy atom. The highest BCUT2D eigenvalue weighted by Crippen LogP contribution is 2.02. The Balaban J connectivity index is 3.99. The Bertz CT molecular complexity index is 214. The zero-order chi connectivity index (χ0) is 10.4. The van der Waals surface area contributed by atoms with Gasteiger partial charge in [-0.2, -0.15) is 0 Å². The van der Waals surface area contributed by atoms with Crippen molar-refractivity contribution in [1.29, 1.82) is 0 Å². The molecule has 0 spiro atoms. The number of nitrogens with one attached hydrogen (secondary N) is 1. The molecule has 0 saturated heterocycles. The summed E-state index contributed by atoms with van der Waals surface area (Å²) in [5, 5.41) is 2.50. The molecular weight excluding hydrogens is 168 g/mol. The van der Waals surface area contributed by atoms with Gasteiger partial charge in [0.2, 0.25) is 11.8 Å². The summed E-state index contributed by atoms with van der Waals surface area (Å²) in [6, 6.07) is -0.611. The summed E-state index contributed by atoms with van der Waals surface area (Å²) < 4.78 is 0. The molecule has 0 aromatic carbocycles. The van der Waals surface area contributed by atoms with Crippen LogP contribution in [0.1, 0.15) is 20.3 Å². The van der Waals surface area contributed by atoms with E-state index in [4.69, 9.17) is 5.73 Å². The summed E-state index contributed by atoms with van der Waals surface area (Å²) >= 11 is 0. The molecule has 4 nitrogen and oxygen atoms in total. The predicted molar refractivity (Wildman–Crippen MR) is 50.8 cm³/mol. The van der Waals surface area contributed by atoms with Crippen LogP contribution in [-0.4, -0.2) is 17.9 Å². The maximum Gasteiger partial charge on any atom is 0.239 e. The molecule has 3 N–H and O–H groups in total. The average Bonchev–Trinajstić information content (AvgIpc) is 2.04. The van der Waals surface area contributed by atoms with E-state index in [9.17, 15) is 9.59 Å². The van der Waals surface area contributed by atoms with Crippen LogP contribution < -0.4 is 11.1 Å². The molecule has 74 valence electrons. The lowest BCUT2D eigenvalue weighted by molar-refractivity contribution is -0.129. The summed E-state index contributed by atoms with van der Waals surface area (Å²) in [5.74, 6) is -0.871. The molecule has 0 rings (SSSR count). The van der Waals surface area contributed by atoms with Gasteiger partial charge in [0.05, 0.1) is 0 Å². The number of nitrogens with two attached hydrogens (primary N) is 1. The van der Waals surface area contributed by atoms with E-state index in [1.807, 2.05) is 0 Å². The van der Waals surface area contributed by atoms with Gasteiger partial charge in [-0.1, -0.05) is 13.0 Å². The second-order valence-electron chi connectivity index (χ2n) is 3.06. The van der Waals surface area contributed by atoms with Gasteiger partial charge < -0.3 is 11.1 Å². The maximum absolute atomic E-state index is 11.3. The normalized spacial score (nSPS) is 14.3. The predicted octanol–water partition coefficient (Wildman–Crippen LogP) is 0.189. The molecule has 2 atom stereocenters. The van der Waals surface area contributed by atoms with E-state index < -0.39 is 11.9 Å². The third-order valence-electron chi connectivity index (χ3n) is 1.75. The average molecular weight is 184 g/mol. The van der Waals surface area contributed by atoms with Gasteiger partial charge >= 0.3 is 0 Å². The summed E-state index contributed by atoms with van der Waals surface area (Å²) in [7, 11) is 0. The first-order chi connectivity index (χ1) is 5.99. The van der Waals surface area contributed by atoms with Gasteiger partial charge in [0.25, 0.3) is 0 Å². The topological polar surface area (TPSA) is 72.2 Å². The summed E-state index contributed by atoms with van der Waals surface area (Å²) in [4.78, 5) is 21.9. The number of carbonyl (C=O) groups is 2. The lowest BCUT2D eigenvalue weighted by atomic mass is 10.1. The van der Waals surface area contributed by atoms with Gasteiger partial charge in [-0.05, 0) is 13.3 Å². The standard InChI is InChI=1S/C9H16N2O2/c1-4-5-6(2)9(13)11-7(3)8(10)12/h4,6-7H,1,5H2,2-3H3,(H2,10,12)(H,11,13)/t6-,7-/m0/s1. The van der Waals surface area contributed by atoms with Crippen molar-refractivity contribution in [1.82, 2.24) is 5.32 Å². The molecule has 0 heterocycles. The lowest BCUT2D eigenvalue weighted by Crippen LogP contribution is -2.44. The van der Waals surface area contributed by atoms with Gasteiger partial charge in [0.15, 0.2) is 0 Å². The highest BCUT2D eigenvalue weighted by Gasteiger charge is 2.16. The molecule has 0 aromatic rings. The first-order valence-electron chi connectivity index (χ1n) is 4.19. The van der Waals surface area contributed by atoms with Gasteiger partial charge in [0, 0.05) is 5.92 Å². The number of amides is 2. The Hall–Kier alpha value is -1.32. The third kappa shape index (κ3) is 4.30. The molecule has 0 aromatic heterocycles. The number of rotatable bonds is 5. The van der Waals surface area contributed by atoms with Crippen molar-refractivity contribution >= 4 is 11.8 Å². The third-order valence-corrected chi connectivity index (χ3v) is 1.75. The number of carbonyl (C=O) groups excluding carboxylic acids is 2. The van der Waals surface area contributed by atoms with Crippen LogP contribution in [0.2, 0.25) is 0 Å². The molecule has 0 bridgehead atoms. The van der Waals surface area contributed by atoms with Gasteiger partial charge in [-0.3, -0.25) is 9.59 Å². The highest BCUT2D eigenvalue weighted by atomic mass is 16.2. The van der Waals surface area contributed by atoms with E-state index in [0.29, 0.717) is 6.42 Å². The molecule has 0 radical (unpaired) electrons. The van der Waals surface area contributed by atoms with Crippen LogP contribution in [0.25, 0.3) is 0 Å². The minimum Gasteiger partial charge on any atom is -0.368 e. The van der Waals surface area contributed by atoms with E-state index in [-0.39, 0.29) is 11.8 Å². The van der Waals surface area contributed by atoms with Crippen LogP contribution in [-0.2, 0) is 9.59 Å². The van der Waals surface area contributed by atoms with Crippen LogP contribution in [0.3, 0.4) is 0 Å². The zero-order valence-corrected chi connectivity index (χ0v) is 8.04. The van der Waals surface area contributed by atoms with Crippen molar-refractivity contribution in [3.63, 3.8) is 0 Å². The van der Waals surface area contributed by atoms with Crippen LogP contribution in [0.4, 0.5) is 0 Å². The minimum atomic E-state index is -0.611. The van der Waals surface area contributed by atoms with E-state index in [2.05, 4.69) is 11.9 Å². The van der Waals surface area contributed by atoms with Crippen LogP contribution in [0, 0.1) is 5.92 Å². The monoisotopic (exact) mass is 184 g/mol. The zero-order valence-electron chi connectivity index (χ0n) is 8.04. The molecule has 2 amide bonds. The van der Waals surface area contributed by atoms with Gasteiger partial charge in [0.1, 0.15) is 6.04 Å². The van der Waals surface area contributed by atoms with E-state index >= 15 is 0 Å². The fraction of sp³-hybridized carbons (Fsp3) is 0.556. The fourth-order valence-corrected chi connectivity index (χ4v) is 0.784. The molecule has 0 aliphatic heterocycles. The van der Waals surface area contributed by atoms with Crippen LogP contribution >= 0.6 is 0 Å². The van der Waals surface area contributed by atoms with Crippen molar-refractivity contribution in [3.8, 4) is 0 Å². The summed E-state index contributed by atoms with van der Waals surface area (Å²) in [6.45, 7) is 6.85. The Morgan fingerprint density at radius 2 is 2.08 bits per heavy atom. The molecule has 0 aliphatic rings. The molecule has 13 heavy (non-hydrogen) atoms. The summed E-state index contributed by atoms with van der Waals surface area (Å²) in [5.41, 5.74) is 4.98. The van der Waals surface area contributed by atoms with Crippen molar-refractivity contribution in [3.05, 3.63) is 12.7 Å². The largest absolute Gasteiger partial charge is 0.368 e. The van der Waals surface area contributed by atoms with Crippen molar-refractivity contribution < 1.29 is 9.59 Å². The number of primary amides is 1. The van der Waals surface area contributed by atoms with E-state index in [1.54, 1.807) is 19.9 Å². The number of hydrogen-bond acceptors (Lipinski definition) is 2. The first kappa shape index (κ1) is 11.7.